The molecule has 0 radical (unpaired) electrons. The van der Waals surface area contributed by atoms with E-state index >= 15 is 0 Å². The Bertz CT molecular complexity index is 517. The van der Waals surface area contributed by atoms with Gasteiger partial charge in [-0.25, -0.2) is 0 Å². The second kappa shape index (κ2) is 5.52. The number of hydrogen-bond acceptors (Lipinski definition) is 2. The van der Waals surface area contributed by atoms with Gasteiger partial charge >= 0.3 is 0 Å². The maximum absolute atomic E-state index is 11.1. The number of rotatable bonds is 3. The molecule has 2 aromatic carbocycles. The summed E-state index contributed by atoms with van der Waals surface area (Å²) in [5.74, 6) is 0.102. The molecule has 2 aromatic rings. The van der Waals surface area contributed by atoms with Crippen molar-refractivity contribution in [1.82, 2.24) is 0 Å². The van der Waals surface area contributed by atoms with E-state index < -0.39 is 0 Å². The number of ketones is 1. The fourth-order valence-electron chi connectivity index (χ4n) is 1.40. The monoisotopic (exact) mass is 306 g/mol. The normalized spacial score (nSPS) is 10.2. The van der Waals surface area contributed by atoms with Crippen LogP contribution in [0, 0.1) is 0 Å². The molecule has 0 fully saturated rings. The number of hydrogen-bond donors (Lipinski definition) is 0. The van der Waals surface area contributed by atoms with Gasteiger partial charge in [0.05, 0.1) is 0 Å². The summed E-state index contributed by atoms with van der Waals surface area (Å²) in [6, 6.07) is 15.8. The minimum atomic E-state index is 0.102. The summed E-state index contributed by atoms with van der Waals surface area (Å²) in [5.41, 5.74) is 0.755. The van der Waals surface area contributed by atoms with Crippen molar-refractivity contribution in [3.8, 4) is 0 Å². The van der Waals surface area contributed by atoms with Gasteiger partial charge in [-0.2, -0.15) is 0 Å². The fraction of sp³-hybridized carbons (Fsp3) is 0.0714. The van der Waals surface area contributed by atoms with Crippen LogP contribution in [0.1, 0.15) is 17.3 Å². The van der Waals surface area contributed by atoms with Crippen molar-refractivity contribution < 1.29 is 4.79 Å². The Morgan fingerprint density at radius 2 is 1.41 bits per heavy atom. The van der Waals surface area contributed by atoms with E-state index in [9.17, 15) is 4.79 Å². The molecule has 0 saturated carbocycles. The van der Waals surface area contributed by atoms with Crippen LogP contribution in [0.2, 0.25) is 0 Å². The summed E-state index contributed by atoms with van der Waals surface area (Å²) in [6.45, 7) is 1.58. The largest absolute Gasteiger partial charge is 0.295 e. The van der Waals surface area contributed by atoms with E-state index in [-0.39, 0.29) is 5.78 Å². The fourth-order valence-corrected chi connectivity index (χ4v) is 2.48. The van der Waals surface area contributed by atoms with E-state index in [0.29, 0.717) is 0 Å². The van der Waals surface area contributed by atoms with Crippen LogP contribution in [0.3, 0.4) is 0 Å². The quantitative estimate of drug-likeness (QED) is 0.757. The van der Waals surface area contributed by atoms with Crippen molar-refractivity contribution in [2.24, 2.45) is 0 Å². The summed E-state index contributed by atoms with van der Waals surface area (Å²) in [7, 11) is 0. The lowest BCUT2D eigenvalue weighted by Gasteiger charge is -2.02. The van der Waals surface area contributed by atoms with E-state index in [0.717, 1.165) is 14.9 Å². The Hall–Kier alpha value is -1.06. The molecule has 0 saturated heterocycles. The highest BCUT2D eigenvalue weighted by Gasteiger charge is 2.00. The minimum absolute atomic E-state index is 0.102. The van der Waals surface area contributed by atoms with Gasteiger partial charge in [-0.3, -0.25) is 4.79 Å². The van der Waals surface area contributed by atoms with Gasteiger partial charge in [0.15, 0.2) is 5.78 Å². The van der Waals surface area contributed by atoms with Crippen LogP contribution in [-0.2, 0) is 0 Å². The zero-order chi connectivity index (χ0) is 12.3. The first-order valence-corrected chi connectivity index (χ1v) is 6.80. The summed E-state index contributed by atoms with van der Waals surface area (Å²) < 4.78 is 1.08. The highest BCUT2D eigenvalue weighted by atomic mass is 79.9. The number of Topliss-reactive ketones (excluding diaryl/α,β-unsaturated/α-hetero) is 1. The molecule has 1 nitrogen and oxygen atoms in total. The summed E-state index contributed by atoms with van der Waals surface area (Å²) in [4.78, 5) is 13.5. The number of carbonyl (C=O) groups excluding carboxylic acids is 1. The third-order valence-corrected chi connectivity index (χ3v) is 3.85. The second-order valence-corrected chi connectivity index (χ2v) is 5.70. The van der Waals surface area contributed by atoms with Crippen LogP contribution in [-0.4, -0.2) is 5.78 Å². The molecule has 0 unspecified atom stereocenters. The van der Waals surface area contributed by atoms with Crippen molar-refractivity contribution in [3.63, 3.8) is 0 Å². The lowest BCUT2D eigenvalue weighted by atomic mass is 10.2. The molecule has 0 aliphatic rings. The van der Waals surface area contributed by atoms with Crippen LogP contribution in [0.4, 0.5) is 0 Å². The van der Waals surface area contributed by atoms with E-state index in [2.05, 4.69) is 28.1 Å². The Kier molecular flexibility index (Phi) is 4.02. The molecule has 0 atom stereocenters. The summed E-state index contributed by atoms with van der Waals surface area (Å²) in [5, 5.41) is 0. The molecule has 3 heteroatoms. The number of halogens is 1. The molecule has 0 heterocycles. The molecular formula is C14H11BrOS. The van der Waals surface area contributed by atoms with Gasteiger partial charge in [0, 0.05) is 19.8 Å². The Morgan fingerprint density at radius 3 is 1.88 bits per heavy atom. The third kappa shape index (κ3) is 3.45. The molecule has 0 aliphatic carbocycles. The predicted octanol–water partition coefficient (Wildman–Crippen LogP) is 4.80. The molecular weight excluding hydrogens is 296 g/mol. The first kappa shape index (κ1) is 12.4. The van der Waals surface area contributed by atoms with Crippen LogP contribution >= 0.6 is 27.7 Å². The van der Waals surface area contributed by atoms with E-state index in [1.165, 1.54) is 4.90 Å². The SMILES string of the molecule is CC(=O)c1ccc(Sc2ccc(Br)cc2)cc1. The van der Waals surface area contributed by atoms with Gasteiger partial charge in [-0.1, -0.05) is 39.8 Å². The zero-order valence-corrected chi connectivity index (χ0v) is 11.7. The third-order valence-electron chi connectivity index (χ3n) is 2.31. The number of benzene rings is 2. The molecule has 0 N–H and O–H groups in total. The lowest BCUT2D eigenvalue weighted by Crippen LogP contribution is -1.90. The van der Waals surface area contributed by atoms with Crippen molar-refractivity contribution in [2.75, 3.05) is 0 Å². The molecule has 0 aliphatic heterocycles. The highest BCUT2D eigenvalue weighted by molar-refractivity contribution is 9.10. The average Bonchev–Trinajstić information content (AvgIpc) is 2.33. The van der Waals surface area contributed by atoms with Gasteiger partial charge < -0.3 is 0 Å². The standard InChI is InChI=1S/C14H11BrOS/c1-10(16)11-2-6-13(7-3-11)17-14-8-4-12(15)5-9-14/h2-9H,1H3. The van der Waals surface area contributed by atoms with Gasteiger partial charge in [-0.05, 0) is 43.3 Å². The van der Waals surface area contributed by atoms with Crippen molar-refractivity contribution in [1.29, 1.82) is 0 Å². The highest BCUT2D eigenvalue weighted by Crippen LogP contribution is 2.28. The van der Waals surface area contributed by atoms with Crippen molar-refractivity contribution >= 4 is 33.5 Å². The first-order valence-electron chi connectivity index (χ1n) is 5.19. The smallest absolute Gasteiger partial charge is 0.159 e. The van der Waals surface area contributed by atoms with Crippen LogP contribution in [0.15, 0.2) is 62.8 Å². The minimum Gasteiger partial charge on any atom is -0.295 e. The molecule has 0 amide bonds. The number of carbonyl (C=O) groups is 1. The average molecular weight is 307 g/mol. The summed E-state index contributed by atoms with van der Waals surface area (Å²) in [6.07, 6.45) is 0. The molecule has 86 valence electrons. The van der Waals surface area contributed by atoms with Crippen molar-refractivity contribution in [2.45, 2.75) is 16.7 Å². The topological polar surface area (TPSA) is 17.1 Å². The van der Waals surface area contributed by atoms with Gasteiger partial charge in [0.2, 0.25) is 0 Å². The molecule has 0 bridgehead atoms. The molecule has 2 rings (SSSR count). The maximum atomic E-state index is 11.1. The van der Waals surface area contributed by atoms with E-state index in [1.807, 2.05) is 36.4 Å². The molecule has 0 aromatic heterocycles. The van der Waals surface area contributed by atoms with Crippen LogP contribution in [0.5, 0.6) is 0 Å². The first-order chi connectivity index (χ1) is 8.15. The molecule has 0 spiro atoms. The van der Waals surface area contributed by atoms with E-state index in [4.69, 9.17) is 0 Å². The molecule has 17 heavy (non-hydrogen) atoms. The maximum Gasteiger partial charge on any atom is 0.159 e. The van der Waals surface area contributed by atoms with Gasteiger partial charge in [0.1, 0.15) is 0 Å². The Labute approximate surface area is 113 Å². The van der Waals surface area contributed by atoms with Crippen molar-refractivity contribution in [3.05, 3.63) is 58.6 Å². The van der Waals surface area contributed by atoms with Gasteiger partial charge in [-0.15, -0.1) is 0 Å². The Morgan fingerprint density at radius 1 is 0.941 bits per heavy atom. The van der Waals surface area contributed by atoms with Gasteiger partial charge in [0.25, 0.3) is 0 Å². The van der Waals surface area contributed by atoms with E-state index in [1.54, 1.807) is 18.7 Å². The van der Waals surface area contributed by atoms with Crippen LogP contribution in [0.25, 0.3) is 0 Å². The lowest BCUT2D eigenvalue weighted by molar-refractivity contribution is 0.101. The Balaban J connectivity index is 2.13. The van der Waals surface area contributed by atoms with Crippen LogP contribution < -0.4 is 0 Å². The second-order valence-electron chi connectivity index (χ2n) is 3.64. The predicted molar refractivity (Wildman–Crippen MR) is 74.7 cm³/mol. The summed E-state index contributed by atoms with van der Waals surface area (Å²) >= 11 is 5.09. The zero-order valence-electron chi connectivity index (χ0n) is 9.31.